The van der Waals surface area contributed by atoms with Crippen molar-refractivity contribution < 1.29 is 23.6 Å². The summed E-state index contributed by atoms with van der Waals surface area (Å²) in [5.41, 5.74) is 0. The number of hydrogen-bond acceptors (Lipinski definition) is 5. The van der Waals surface area contributed by atoms with E-state index < -0.39 is 11.9 Å². The fraction of sp³-hybridized carbons (Fsp3) is 0.100. The lowest BCUT2D eigenvalue weighted by atomic mass is 10.4. The number of hydrogen-bond donors (Lipinski definition) is 2. The van der Waals surface area contributed by atoms with Gasteiger partial charge in [0.25, 0.3) is 5.91 Å². The monoisotopic (exact) mass is 236 g/mol. The Morgan fingerprint density at radius 1 is 1.29 bits per heavy atom. The molecule has 0 unspecified atom stereocenters. The molecule has 0 saturated heterocycles. The van der Waals surface area contributed by atoms with E-state index >= 15 is 0 Å². The van der Waals surface area contributed by atoms with Crippen LogP contribution in [0.1, 0.15) is 26.9 Å². The standard InChI is InChI=1S/C10H8N2O5/c13-9(11-5-6-3-4-12-17-6)7-1-2-8(16-7)10(14)15/h1-4H,5H2,(H,11,13)(H,14,15). The van der Waals surface area contributed by atoms with Crippen molar-refractivity contribution in [3.8, 4) is 0 Å². The van der Waals surface area contributed by atoms with Gasteiger partial charge in [-0.1, -0.05) is 5.16 Å². The number of aromatic carboxylic acids is 1. The maximum atomic E-state index is 11.5. The molecule has 88 valence electrons. The summed E-state index contributed by atoms with van der Waals surface area (Å²) in [7, 11) is 0. The van der Waals surface area contributed by atoms with Gasteiger partial charge in [0.2, 0.25) is 5.76 Å². The Kier molecular flexibility index (Phi) is 2.91. The molecule has 0 fully saturated rings. The highest BCUT2D eigenvalue weighted by molar-refractivity contribution is 5.93. The Balaban J connectivity index is 1.97. The number of carbonyl (C=O) groups excluding carboxylic acids is 1. The van der Waals surface area contributed by atoms with Gasteiger partial charge in [0.05, 0.1) is 12.7 Å². The first-order chi connectivity index (χ1) is 8.16. The molecule has 0 aromatic carbocycles. The van der Waals surface area contributed by atoms with Gasteiger partial charge in [-0.25, -0.2) is 4.79 Å². The molecule has 0 bridgehead atoms. The summed E-state index contributed by atoms with van der Waals surface area (Å²) in [6.45, 7) is 0.155. The first-order valence-corrected chi connectivity index (χ1v) is 4.67. The summed E-state index contributed by atoms with van der Waals surface area (Å²) in [5, 5.41) is 14.6. The Hall–Kier alpha value is -2.57. The minimum absolute atomic E-state index is 0.0677. The Morgan fingerprint density at radius 2 is 2.06 bits per heavy atom. The van der Waals surface area contributed by atoms with Crippen LogP contribution in [0.3, 0.4) is 0 Å². The zero-order valence-corrected chi connectivity index (χ0v) is 8.54. The number of nitrogens with one attached hydrogen (secondary N) is 1. The van der Waals surface area contributed by atoms with Crippen LogP contribution in [0, 0.1) is 0 Å². The van der Waals surface area contributed by atoms with Crippen LogP contribution in [-0.4, -0.2) is 22.1 Å². The largest absolute Gasteiger partial charge is 0.475 e. The Morgan fingerprint density at radius 3 is 2.65 bits per heavy atom. The number of carboxylic acids is 1. The molecular formula is C10H8N2O5. The molecular weight excluding hydrogens is 228 g/mol. The quantitative estimate of drug-likeness (QED) is 0.816. The maximum absolute atomic E-state index is 11.5. The summed E-state index contributed by atoms with van der Waals surface area (Å²) in [6, 6.07) is 4.11. The first kappa shape index (κ1) is 10.9. The molecule has 0 aliphatic heterocycles. The summed E-state index contributed by atoms with van der Waals surface area (Å²) >= 11 is 0. The van der Waals surface area contributed by atoms with E-state index in [1.54, 1.807) is 6.07 Å². The van der Waals surface area contributed by atoms with Gasteiger partial charge in [-0.2, -0.15) is 0 Å². The fourth-order valence-electron chi connectivity index (χ4n) is 1.16. The van der Waals surface area contributed by atoms with E-state index in [1.807, 2.05) is 0 Å². The van der Waals surface area contributed by atoms with Crippen molar-refractivity contribution in [2.75, 3.05) is 0 Å². The second-order valence-corrected chi connectivity index (χ2v) is 3.13. The SMILES string of the molecule is O=C(O)c1ccc(C(=O)NCc2ccno2)o1. The lowest BCUT2D eigenvalue weighted by Crippen LogP contribution is -2.21. The predicted molar refractivity (Wildman–Crippen MR) is 53.3 cm³/mol. The van der Waals surface area contributed by atoms with Gasteiger partial charge in [-0.05, 0) is 12.1 Å². The molecule has 2 aromatic heterocycles. The molecule has 7 heteroatoms. The van der Waals surface area contributed by atoms with E-state index in [2.05, 4.69) is 10.5 Å². The number of furan rings is 1. The van der Waals surface area contributed by atoms with E-state index in [0.29, 0.717) is 5.76 Å². The van der Waals surface area contributed by atoms with Crippen LogP contribution in [0.15, 0.2) is 33.3 Å². The van der Waals surface area contributed by atoms with Crippen LogP contribution in [0.2, 0.25) is 0 Å². The van der Waals surface area contributed by atoms with Crippen molar-refractivity contribution in [2.45, 2.75) is 6.54 Å². The van der Waals surface area contributed by atoms with Crippen molar-refractivity contribution in [2.24, 2.45) is 0 Å². The van der Waals surface area contributed by atoms with Gasteiger partial charge >= 0.3 is 5.97 Å². The van der Waals surface area contributed by atoms with Crippen LogP contribution in [0.4, 0.5) is 0 Å². The minimum Gasteiger partial charge on any atom is -0.475 e. The van der Waals surface area contributed by atoms with Crippen molar-refractivity contribution in [3.05, 3.63) is 41.7 Å². The molecule has 0 aliphatic carbocycles. The summed E-state index contributed by atoms with van der Waals surface area (Å²) in [5.74, 6) is -1.60. The van der Waals surface area contributed by atoms with Crippen LogP contribution in [0.25, 0.3) is 0 Å². The molecule has 2 heterocycles. The zero-order valence-electron chi connectivity index (χ0n) is 8.54. The molecule has 2 aromatic rings. The number of nitrogens with zero attached hydrogens (tertiary/aromatic N) is 1. The smallest absolute Gasteiger partial charge is 0.371 e. The molecule has 2 rings (SSSR count). The highest BCUT2D eigenvalue weighted by Crippen LogP contribution is 2.08. The first-order valence-electron chi connectivity index (χ1n) is 4.67. The Bertz CT molecular complexity index is 529. The molecule has 0 atom stereocenters. The number of aromatic nitrogens is 1. The molecule has 2 N–H and O–H groups in total. The molecule has 0 radical (unpaired) electrons. The third kappa shape index (κ3) is 2.51. The van der Waals surface area contributed by atoms with Gasteiger partial charge in [-0.3, -0.25) is 4.79 Å². The van der Waals surface area contributed by atoms with Gasteiger partial charge in [0, 0.05) is 6.07 Å². The third-order valence-corrected chi connectivity index (χ3v) is 1.95. The lowest BCUT2D eigenvalue weighted by Gasteiger charge is -1.98. The number of rotatable bonds is 4. The average molecular weight is 236 g/mol. The van der Waals surface area contributed by atoms with Crippen LogP contribution in [-0.2, 0) is 6.54 Å². The summed E-state index contributed by atoms with van der Waals surface area (Å²) in [4.78, 5) is 22.0. The summed E-state index contributed by atoms with van der Waals surface area (Å²) < 4.78 is 9.59. The van der Waals surface area contributed by atoms with Gasteiger partial charge < -0.3 is 19.4 Å². The third-order valence-electron chi connectivity index (χ3n) is 1.95. The molecule has 1 amide bonds. The second-order valence-electron chi connectivity index (χ2n) is 3.13. The second kappa shape index (κ2) is 4.52. The molecule has 0 aliphatic rings. The highest BCUT2D eigenvalue weighted by atomic mass is 16.5. The van der Waals surface area contributed by atoms with Crippen LogP contribution >= 0.6 is 0 Å². The van der Waals surface area contributed by atoms with E-state index in [9.17, 15) is 9.59 Å². The van der Waals surface area contributed by atoms with Crippen LogP contribution in [0.5, 0.6) is 0 Å². The highest BCUT2D eigenvalue weighted by Gasteiger charge is 2.14. The van der Waals surface area contributed by atoms with E-state index in [-0.39, 0.29) is 18.1 Å². The molecule has 0 saturated carbocycles. The summed E-state index contributed by atoms with van der Waals surface area (Å²) in [6.07, 6.45) is 1.46. The normalized spacial score (nSPS) is 10.1. The Labute approximate surface area is 95.0 Å². The lowest BCUT2D eigenvalue weighted by molar-refractivity contribution is 0.0659. The van der Waals surface area contributed by atoms with E-state index in [1.165, 1.54) is 18.3 Å². The fourth-order valence-corrected chi connectivity index (χ4v) is 1.16. The van der Waals surface area contributed by atoms with Crippen molar-refractivity contribution >= 4 is 11.9 Å². The van der Waals surface area contributed by atoms with Gasteiger partial charge in [0.15, 0.2) is 11.5 Å². The predicted octanol–water partition coefficient (Wildman–Crippen LogP) is 0.896. The van der Waals surface area contributed by atoms with Crippen LogP contribution < -0.4 is 5.32 Å². The molecule has 0 spiro atoms. The number of carboxylic acid groups (broad SMARTS) is 1. The van der Waals surface area contributed by atoms with Gasteiger partial charge in [-0.15, -0.1) is 0 Å². The minimum atomic E-state index is -1.22. The van der Waals surface area contributed by atoms with Crippen molar-refractivity contribution in [1.29, 1.82) is 0 Å². The number of carbonyl (C=O) groups is 2. The zero-order chi connectivity index (χ0) is 12.3. The maximum Gasteiger partial charge on any atom is 0.371 e. The molecule has 17 heavy (non-hydrogen) atoms. The van der Waals surface area contributed by atoms with E-state index in [0.717, 1.165) is 0 Å². The molecule has 7 nitrogen and oxygen atoms in total. The topological polar surface area (TPSA) is 106 Å². The van der Waals surface area contributed by atoms with Crippen molar-refractivity contribution in [3.63, 3.8) is 0 Å². The average Bonchev–Trinajstić information content (AvgIpc) is 2.96. The van der Waals surface area contributed by atoms with E-state index in [4.69, 9.17) is 14.0 Å². The van der Waals surface area contributed by atoms with Gasteiger partial charge in [0.1, 0.15) is 0 Å². The number of amides is 1. The van der Waals surface area contributed by atoms with Crippen molar-refractivity contribution in [1.82, 2.24) is 10.5 Å².